The third-order valence-corrected chi connectivity index (χ3v) is 1.93. The van der Waals surface area contributed by atoms with Crippen LogP contribution in [0, 0.1) is 0 Å². The molecule has 0 atom stereocenters. The van der Waals surface area contributed by atoms with Crippen LogP contribution >= 0.6 is 0 Å². The molecule has 0 aromatic heterocycles. The number of esters is 1. The van der Waals surface area contributed by atoms with E-state index in [1.54, 1.807) is 0 Å². The highest BCUT2D eigenvalue weighted by Crippen LogP contribution is 2.27. The SMILES string of the molecule is COC(=O)Cc1cc(O)c(O)cc1C=O. The number of carbonyl (C=O) groups excluding carboxylic acids is 2. The molecule has 0 aliphatic rings. The number of ether oxygens (including phenoxy) is 1. The van der Waals surface area contributed by atoms with E-state index in [2.05, 4.69) is 4.74 Å². The van der Waals surface area contributed by atoms with Gasteiger partial charge in [0.1, 0.15) is 6.29 Å². The zero-order valence-corrected chi connectivity index (χ0v) is 8.06. The number of aromatic hydroxyl groups is 2. The van der Waals surface area contributed by atoms with Crippen LogP contribution in [0.25, 0.3) is 0 Å². The normalized spacial score (nSPS) is 9.67. The Kier molecular flexibility index (Phi) is 3.28. The van der Waals surface area contributed by atoms with Crippen LogP contribution in [-0.4, -0.2) is 29.6 Å². The molecule has 0 heterocycles. The molecule has 0 unspecified atom stereocenters. The lowest BCUT2D eigenvalue weighted by Gasteiger charge is -2.05. The second-order valence-electron chi connectivity index (χ2n) is 2.91. The molecule has 1 aromatic carbocycles. The molecule has 0 aliphatic carbocycles. The Morgan fingerprint density at radius 2 is 2.00 bits per heavy atom. The minimum absolute atomic E-state index is 0.127. The number of phenolic OH excluding ortho intramolecular Hbond substituents is 2. The third kappa shape index (κ3) is 2.46. The summed E-state index contributed by atoms with van der Waals surface area (Å²) in [4.78, 5) is 21.6. The van der Waals surface area contributed by atoms with E-state index < -0.39 is 11.7 Å². The lowest BCUT2D eigenvalue weighted by atomic mass is 10.0. The number of benzene rings is 1. The van der Waals surface area contributed by atoms with Gasteiger partial charge in [0, 0.05) is 5.56 Å². The zero-order valence-electron chi connectivity index (χ0n) is 8.06. The van der Waals surface area contributed by atoms with Crippen molar-refractivity contribution < 1.29 is 24.5 Å². The van der Waals surface area contributed by atoms with Crippen LogP contribution in [0.2, 0.25) is 0 Å². The molecule has 0 aliphatic heterocycles. The fourth-order valence-corrected chi connectivity index (χ4v) is 1.13. The van der Waals surface area contributed by atoms with Crippen LogP contribution in [-0.2, 0) is 16.0 Å². The predicted molar refractivity (Wildman–Crippen MR) is 50.9 cm³/mol. The Balaban J connectivity index is 3.10. The van der Waals surface area contributed by atoms with E-state index >= 15 is 0 Å². The van der Waals surface area contributed by atoms with E-state index in [0.29, 0.717) is 11.8 Å². The van der Waals surface area contributed by atoms with Crippen molar-refractivity contribution in [1.29, 1.82) is 0 Å². The van der Waals surface area contributed by atoms with Gasteiger partial charge in [0.25, 0.3) is 0 Å². The molecule has 0 radical (unpaired) electrons. The highest BCUT2D eigenvalue weighted by Gasteiger charge is 2.11. The first kappa shape index (κ1) is 11.0. The van der Waals surface area contributed by atoms with Crippen molar-refractivity contribution in [2.45, 2.75) is 6.42 Å². The molecule has 0 saturated heterocycles. The van der Waals surface area contributed by atoms with Crippen LogP contribution in [0.4, 0.5) is 0 Å². The minimum atomic E-state index is -0.525. The molecular weight excluding hydrogens is 200 g/mol. The van der Waals surface area contributed by atoms with Gasteiger partial charge in [-0.25, -0.2) is 0 Å². The summed E-state index contributed by atoms with van der Waals surface area (Å²) in [5.41, 5.74) is 0.461. The lowest BCUT2D eigenvalue weighted by Crippen LogP contribution is -2.06. The number of hydrogen-bond donors (Lipinski definition) is 2. The van der Waals surface area contributed by atoms with Crippen molar-refractivity contribution >= 4 is 12.3 Å². The highest BCUT2D eigenvalue weighted by molar-refractivity contribution is 5.83. The third-order valence-electron chi connectivity index (χ3n) is 1.93. The van der Waals surface area contributed by atoms with Gasteiger partial charge in [-0.3, -0.25) is 9.59 Å². The smallest absolute Gasteiger partial charge is 0.310 e. The average Bonchev–Trinajstić information content (AvgIpc) is 2.22. The van der Waals surface area contributed by atoms with E-state index in [-0.39, 0.29) is 17.7 Å². The maximum atomic E-state index is 11.0. The molecule has 5 heteroatoms. The standard InChI is InChI=1S/C10H10O5/c1-15-10(14)4-6-2-8(12)9(13)3-7(6)5-11/h2-3,5,12-13H,4H2,1H3. The monoisotopic (exact) mass is 210 g/mol. The number of rotatable bonds is 3. The second-order valence-corrected chi connectivity index (χ2v) is 2.91. The van der Waals surface area contributed by atoms with Gasteiger partial charge in [-0.2, -0.15) is 0 Å². The number of methoxy groups -OCH3 is 1. The van der Waals surface area contributed by atoms with Crippen LogP contribution in [0.1, 0.15) is 15.9 Å². The Morgan fingerprint density at radius 3 is 2.53 bits per heavy atom. The lowest BCUT2D eigenvalue weighted by molar-refractivity contribution is -0.139. The Labute approximate surface area is 85.9 Å². The summed E-state index contributed by atoms with van der Waals surface area (Å²) in [5, 5.41) is 18.3. The van der Waals surface area contributed by atoms with Gasteiger partial charge >= 0.3 is 5.97 Å². The maximum Gasteiger partial charge on any atom is 0.310 e. The average molecular weight is 210 g/mol. The molecule has 0 saturated carbocycles. The summed E-state index contributed by atoms with van der Waals surface area (Å²) in [6.45, 7) is 0. The van der Waals surface area contributed by atoms with Crippen molar-refractivity contribution in [3.05, 3.63) is 23.3 Å². The first-order valence-corrected chi connectivity index (χ1v) is 4.15. The van der Waals surface area contributed by atoms with Crippen molar-refractivity contribution in [3.8, 4) is 11.5 Å². The van der Waals surface area contributed by atoms with Crippen LogP contribution in [0.5, 0.6) is 11.5 Å². The first-order chi connectivity index (χ1) is 7.08. The largest absolute Gasteiger partial charge is 0.504 e. The number of aldehydes is 1. The second kappa shape index (κ2) is 4.45. The van der Waals surface area contributed by atoms with E-state index in [1.807, 2.05) is 0 Å². The quantitative estimate of drug-likeness (QED) is 0.434. The molecule has 15 heavy (non-hydrogen) atoms. The maximum absolute atomic E-state index is 11.0. The topological polar surface area (TPSA) is 83.8 Å². The van der Waals surface area contributed by atoms with Crippen LogP contribution in [0.15, 0.2) is 12.1 Å². The Bertz CT molecular complexity index is 397. The van der Waals surface area contributed by atoms with E-state index in [9.17, 15) is 14.7 Å². The predicted octanol–water partition coefficient (Wildman–Crippen LogP) is 0.626. The summed E-state index contributed by atoms with van der Waals surface area (Å²) in [6, 6.07) is 2.26. The van der Waals surface area contributed by atoms with E-state index in [0.717, 1.165) is 12.1 Å². The summed E-state index contributed by atoms with van der Waals surface area (Å²) in [7, 11) is 1.23. The molecule has 5 nitrogen and oxygen atoms in total. The van der Waals surface area contributed by atoms with E-state index in [4.69, 9.17) is 5.11 Å². The van der Waals surface area contributed by atoms with Gasteiger partial charge in [0.2, 0.25) is 0 Å². The fraction of sp³-hybridized carbons (Fsp3) is 0.200. The molecule has 80 valence electrons. The summed E-state index contributed by atoms with van der Waals surface area (Å²) < 4.78 is 4.42. The number of phenols is 2. The number of carbonyl (C=O) groups is 2. The minimum Gasteiger partial charge on any atom is -0.504 e. The highest BCUT2D eigenvalue weighted by atomic mass is 16.5. The Hall–Kier alpha value is -2.04. The van der Waals surface area contributed by atoms with Gasteiger partial charge in [-0.05, 0) is 17.7 Å². The molecule has 1 rings (SSSR count). The molecule has 0 fully saturated rings. The molecular formula is C10H10O5. The van der Waals surface area contributed by atoms with Crippen molar-refractivity contribution in [2.75, 3.05) is 7.11 Å². The molecule has 0 bridgehead atoms. The number of hydrogen-bond acceptors (Lipinski definition) is 5. The van der Waals surface area contributed by atoms with Crippen molar-refractivity contribution in [2.24, 2.45) is 0 Å². The summed E-state index contributed by atoms with van der Waals surface area (Å²) >= 11 is 0. The van der Waals surface area contributed by atoms with Crippen LogP contribution < -0.4 is 0 Å². The van der Waals surface area contributed by atoms with Gasteiger partial charge in [0.15, 0.2) is 11.5 Å². The van der Waals surface area contributed by atoms with E-state index in [1.165, 1.54) is 7.11 Å². The fourth-order valence-electron chi connectivity index (χ4n) is 1.13. The molecule has 2 N–H and O–H groups in total. The van der Waals surface area contributed by atoms with Crippen molar-refractivity contribution in [1.82, 2.24) is 0 Å². The van der Waals surface area contributed by atoms with Crippen LogP contribution in [0.3, 0.4) is 0 Å². The summed E-state index contributed by atoms with van der Waals surface area (Å²) in [5.74, 6) is -1.30. The summed E-state index contributed by atoms with van der Waals surface area (Å²) in [6.07, 6.45) is 0.371. The van der Waals surface area contributed by atoms with Gasteiger partial charge < -0.3 is 14.9 Å². The van der Waals surface area contributed by atoms with Gasteiger partial charge in [-0.1, -0.05) is 0 Å². The zero-order chi connectivity index (χ0) is 11.4. The first-order valence-electron chi connectivity index (χ1n) is 4.15. The van der Waals surface area contributed by atoms with Gasteiger partial charge in [-0.15, -0.1) is 0 Å². The molecule has 0 spiro atoms. The van der Waals surface area contributed by atoms with Gasteiger partial charge in [0.05, 0.1) is 13.5 Å². The molecule has 0 amide bonds. The van der Waals surface area contributed by atoms with Crippen molar-refractivity contribution in [3.63, 3.8) is 0 Å². The molecule has 1 aromatic rings. The Morgan fingerprint density at radius 1 is 1.40 bits per heavy atom.